The summed E-state index contributed by atoms with van der Waals surface area (Å²) in [5.74, 6) is 0.660. The van der Waals surface area contributed by atoms with Crippen LogP contribution in [0, 0.1) is 10.1 Å². The Hall–Kier alpha value is -2.46. The fraction of sp³-hybridized carbons (Fsp3) is 0. The Morgan fingerprint density at radius 1 is 0.895 bits per heavy atom. The maximum absolute atomic E-state index is 11.6. The Balaban J connectivity index is 1.97. The van der Waals surface area contributed by atoms with Gasteiger partial charge in [-0.1, -0.05) is 18.2 Å². The molecular weight excluding hydrogens is 269 g/mol. The molecule has 1 atom stereocenters. The van der Waals surface area contributed by atoms with Gasteiger partial charge in [0.25, 0.3) is 5.69 Å². The molecule has 0 amide bonds. The van der Waals surface area contributed by atoms with Crippen molar-refractivity contribution in [2.24, 2.45) is 0 Å². The molecule has 0 heterocycles. The summed E-state index contributed by atoms with van der Waals surface area (Å²) in [6.45, 7) is 0. The number of non-ortho nitro benzene ring substituents is 1. The summed E-state index contributed by atoms with van der Waals surface area (Å²) in [6, 6.07) is 13.8. The van der Waals surface area contributed by atoms with Crippen molar-refractivity contribution in [3.8, 4) is 11.5 Å². The number of para-hydroxylation sites is 1. The first kappa shape index (κ1) is 13.0. The highest BCUT2D eigenvalue weighted by atomic mass is 31.1. The molecule has 2 rings (SSSR count). The predicted octanol–water partition coefficient (Wildman–Crippen LogP) is 3.71. The summed E-state index contributed by atoms with van der Waals surface area (Å²) < 4.78 is 21.6. The number of hydrogen-bond donors (Lipinski definition) is 0. The summed E-state index contributed by atoms with van der Waals surface area (Å²) in [5, 5.41) is 10.5. The fourth-order valence-electron chi connectivity index (χ4n) is 1.30. The van der Waals surface area contributed by atoms with Gasteiger partial charge in [0, 0.05) is 16.7 Å². The summed E-state index contributed by atoms with van der Waals surface area (Å²) in [7, 11) is -2.38. The van der Waals surface area contributed by atoms with Crippen LogP contribution in [-0.2, 0) is 4.57 Å². The van der Waals surface area contributed by atoms with Gasteiger partial charge in [0.15, 0.2) is 11.5 Å². The standard InChI is InChI=1S/C12H9NO5P/c14-13(15)10-6-8-12(9-7-10)18-19(16)17-11-4-2-1-3-5-11/h1-9H/q+1. The lowest BCUT2D eigenvalue weighted by molar-refractivity contribution is -0.384. The van der Waals surface area contributed by atoms with Crippen LogP contribution in [0.15, 0.2) is 54.6 Å². The molecular formula is C12H9NO5P+. The molecule has 0 saturated heterocycles. The van der Waals surface area contributed by atoms with E-state index < -0.39 is 13.2 Å². The molecule has 1 unspecified atom stereocenters. The highest BCUT2D eigenvalue weighted by molar-refractivity contribution is 7.34. The van der Waals surface area contributed by atoms with Crippen molar-refractivity contribution in [3.05, 3.63) is 64.7 Å². The molecule has 0 radical (unpaired) electrons. The second kappa shape index (κ2) is 5.93. The molecule has 0 fully saturated rings. The third kappa shape index (κ3) is 3.76. The van der Waals surface area contributed by atoms with E-state index in [0.717, 1.165) is 0 Å². The zero-order valence-corrected chi connectivity index (χ0v) is 10.5. The van der Waals surface area contributed by atoms with Gasteiger partial charge in [0.1, 0.15) is 0 Å². The molecule has 0 bridgehead atoms. The molecule has 0 aromatic heterocycles. The van der Waals surface area contributed by atoms with Gasteiger partial charge < -0.3 is 0 Å². The lowest BCUT2D eigenvalue weighted by Crippen LogP contribution is -1.90. The lowest BCUT2D eigenvalue weighted by atomic mass is 10.3. The molecule has 19 heavy (non-hydrogen) atoms. The average molecular weight is 278 g/mol. The number of hydrogen-bond acceptors (Lipinski definition) is 5. The van der Waals surface area contributed by atoms with Crippen LogP contribution in [0.3, 0.4) is 0 Å². The smallest absolute Gasteiger partial charge is 0.258 e. The number of nitrogens with zero attached hydrogens (tertiary/aromatic N) is 1. The van der Waals surface area contributed by atoms with Gasteiger partial charge in [-0.25, -0.2) is 9.05 Å². The second-order valence-corrected chi connectivity index (χ2v) is 4.28. The van der Waals surface area contributed by atoms with Crippen LogP contribution < -0.4 is 9.05 Å². The third-order valence-electron chi connectivity index (χ3n) is 2.15. The van der Waals surface area contributed by atoms with Gasteiger partial charge in [-0.3, -0.25) is 10.1 Å². The van der Waals surface area contributed by atoms with Gasteiger partial charge >= 0.3 is 8.25 Å². The molecule has 0 spiro atoms. The van der Waals surface area contributed by atoms with Crippen molar-refractivity contribution in [2.75, 3.05) is 0 Å². The zero-order chi connectivity index (χ0) is 13.7. The van der Waals surface area contributed by atoms with Crippen molar-refractivity contribution < 1.29 is 18.5 Å². The van der Waals surface area contributed by atoms with Crippen LogP contribution in [0.1, 0.15) is 0 Å². The van der Waals surface area contributed by atoms with Crippen molar-refractivity contribution in [3.63, 3.8) is 0 Å². The topological polar surface area (TPSA) is 78.7 Å². The first-order valence-corrected chi connectivity index (χ1v) is 6.37. The largest absolute Gasteiger partial charge is 0.805 e. The summed E-state index contributed by atoms with van der Waals surface area (Å²) in [4.78, 5) is 9.93. The first-order valence-electron chi connectivity index (χ1n) is 5.28. The number of nitro benzene ring substituents is 1. The van der Waals surface area contributed by atoms with E-state index in [1.54, 1.807) is 30.3 Å². The fourth-order valence-corrected chi connectivity index (χ4v) is 1.93. The van der Waals surface area contributed by atoms with Gasteiger partial charge in [0.2, 0.25) is 0 Å². The van der Waals surface area contributed by atoms with Gasteiger partial charge in [-0.2, -0.15) is 0 Å². The number of nitro groups is 1. The van der Waals surface area contributed by atoms with Crippen molar-refractivity contribution in [1.82, 2.24) is 0 Å². The van der Waals surface area contributed by atoms with Crippen molar-refractivity contribution >= 4 is 13.9 Å². The number of benzene rings is 2. The Bertz CT molecular complexity index is 585. The van der Waals surface area contributed by atoms with Gasteiger partial charge in [-0.05, 0) is 24.3 Å². The molecule has 96 valence electrons. The quantitative estimate of drug-likeness (QED) is 0.473. The van der Waals surface area contributed by atoms with E-state index in [-0.39, 0.29) is 11.4 Å². The monoisotopic (exact) mass is 278 g/mol. The summed E-state index contributed by atoms with van der Waals surface area (Å²) in [6.07, 6.45) is 0. The van der Waals surface area contributed by atoms with E-state index in [4.69, 9.17) is 9.05 Å². The minimum Gasteiger partial charge on any atom is -0.258 e. The Morgan fingerprint density at radius 2 is 1.42 bits per heavy atom. The second-order valence-electron chi connectivity index (χ2n) is 3.47. The van der Waals surface area contributed by atoms with Crippen LogP contribution >= 0.6 is 8.25 Å². The minimum atomic E-state index is -2.38. The first-order chi connectivity index (χ1) is 9.15. The molecule has 2 aromatic rings. The third-order valence-corrected chi connectivity index (χ3v) is 2.87. The van der Waals surface area contributed by atoms with Crippen molar-refractivity contribution in [1.29, 1.82) is 0 Å². The Kier molecular flexibility index (Phi) is 4.05. The highest BCUT2D eigenvalue weighted by Crippen LogP contribution is 2.30. The van der Waals surface area contributed by atoms with Crippen LogP contribution in [0.5, 0.6) is 11.5 Å². The van der Waals surface area contributed by atoms with E-state index >= 15 is 0 Å². The van der Waals surface area contributed by atoms with Crippen LogP contribution in [0.25, 0.3) is 0 Å². The summed E-state index contributed by atoms with van der Waals surface area (Å²) >= 11 is 0. The molecule has 0 N–H and O–H groups in total. The van der Waals surface area contributed by atoms with Crippen LogP contribution in [0.2, 0.25) is 0 Å². The molecule has 0 aliphatic rings. The van der Waals surface area contributed by atoms with E-state index in [0.29, 0.717) is 5.75 Å². The molecule has 0 aliphatic heterocycles. The molecule has 6 nitrogen and oxygen atoms in total. The molecule has 2 aromatic carbocycles. The predicted molar refractivity (Wildman–Crippen MR) is 68.4 cm³/mol. The lowest BCUT2D eigenvalue weighted by Gasteiger charge is -1.94. The van der Waals surface area contributed by atoms with Crippen LogP contribution in [0.4, 0.5) is 5.69 Å². The Labute approximate surface area is 109 Å². The van der Waals surface area contributed by atoms with Crippen molar-refractivity contribution in [2.45, 2.75) is 0 Å². The van der Waals surface area contributed by atoms with Gasteiger partial charge in [-0.15, -0.1) is 0 Å². The maximum atomic E-state index is 11.6. The number of rotatable bonds is 5. The Morgan fingerprint density at radius 3 is 1.95 bits per heavy atom. The van der Waals surface area contributed by atoms with Crippen LogP contribution in [-0.4, -0.2) is 4.92 Å². The molecule has 7 heteroatoms. The normalized spacial score (nSPS) is 10.6. The SMILES string of the molecule is O=[N+]([O-])c1ccc(O[P+](=O)Oc2ccccc2)cc1. The average Bonchev–Trinajstić information content (AvgIpc) is 2.40. The maximum Gasteiger partial charge on any atom is 0.805 e. The van der Waals surface area contributed by atoms with E-state index in [1.165, 1.54) is 24.3 Å². The van der Waals surface area contributed by atoms with E-state index in [1.807, 2.05) is 0 Å². The highest BCUT2D eigenvalue weighted by Gasteiger charge is 2.24. The zero-order valence-electron chi connectivity index (χ0n) is 9.63. The van der Waals surface area contributed by atoms with E-state index in [9.17, 15) is 14.7 Å². The molecule has 0 saturated carbocycles. The van der Waals surface area contributed by atoms with Gasteiger partial charge in [0.05, 0.1) is 4.92 Å². The molecule has 0 aliphatic carbocycles. The minimum absolute atomic E-state index is 0.0634. The van der Waals surface area contributed by atoms with E-state index in [2.05, 4.69) is 0 Å². The summed E-state index contributed by atoms with van der Waals surface area (Å²) in [5.41, 5.74) is -0.0634.